The average Bonchev–Trinajstić information content (AvgIpc) is 3.00. The number of ether oxygens (including phenoxy) is 1. The van der Waals surface area contributed by atoms with Crippen LogP contribution in [0.2, 0.25) is 0 Å². The number of carbonyl (C=O) groups is 1. The van der Waals surface area contributed by atoms with E-state index in [0.717, 1.165) is 28.0 Å². The van der Waals surface area contributed by atoms with E-state index in [2.05, 4.69) is 0 Å². The Kier molecular flexibility index (Phi) is 5.27. The van der Waals surface area contributed by atoms with E-state index in [-0.39, 0.29) is 11.6 Å². The summed E-state index contributed by atoms with van der Waals surface area (Å²) in [6, 6.07) is 20.6. The molecule has 4 rings (SSSR count). The average molecular weight is 403 g/mol. The van der Waals surface area contributed by atoms with Crippen LogP contribution >= 0.6 is 0 Å². The van der Waals surface area contributed by atoms with Crippen molar-refractivity contribution in [2.75, 3.05) is 7.11 Å². The van der Waals surface area contributed by atoms with E-state index in [1.54, 1.807) is 24.1 Å². The summed E-state index contributed by atoms with van der Waals surface area (Å²) in [7, 11) is 1.60. The summed E-state index contributed by atoms with van der Waals surface area (Å²) in [5.74, 6) is -0.352. The first kappa shape index (κ1) is 19.7. The van der Waals surface area contributed by atoms with Gasteiger partial charge in [-0.1, -0.05) is 54.1 Å². The standard InChI is InChI=1S/C25H22FNO3/c1-16-3-7-18(8-4-16)22-23(19-9-11-20(26)12-10-19)27(25(29)24(22)28)15-17-5-13-21(30-2)14-6-17/h3-14,23,28H,15H2,1-2H3/t23-/m0/s1. The number of amides is 1. The minimum absolute atomic E-state index is 0.276. The Morgan fingerprint density at radius 2 is 1.60 bits per heavy atom. The van der Waals surface area contributed by atoms with Gasteiger partial charge in [0.05, 0.1) is 13.2 Å². The predicted molar refractivity (Wildman–Crippen MR) is 113 cm³/mol. The molecule has 3 aromatic rings. The SMILES string of the molecule is COc1ccc(CN2C(=O)C(O)=C(c3ccc(C)cc3)[C@@H]2c2ccc(F)cc2)cc1. The number of halogens is 1. The van der Waals surface area contributed by atoms with Crippen LogP contribution in [0.4, 0.5) is 4.39 Å². The minimum atomic E-state index is -0.525. The van der Waals surface area contributed by atoms with Crippen LogP contribution in [-0.4, -0.2) is 23.0 Å². The molecule has 1 atom stereocenters. The molecule has 0 saturated carbocycles. The normalized spacial score (nSPS) is 16.3. The van der Waals surface area contributed by atoms with Crippen molar-refractivity contribution in [2.24, 2.45) is 0 Å². The van der Waals surface area contributed by atoms with Gasteiger partial charge in [-0.25, -0.2) is 4.39 Å². The number of aliphatic hydroxyl groups is 1. The Morgan fingerprint density at radius 1 is 0.967 bits per heavy atom. The van der Waals surface area contributed by atoms with Crippen molar-refractivity contribution in [3.05, 3.63) is 107 Å². The molecule has 1 heterocycles. The second-order valence-corrected chi connectivity index (χ2v) is 7.36. The number of methoxy groups -OCH3 is 1. The predicted octanol–water partition coefficient (Wildman–Crippen LogP) is 5.20. The molecule has 0 aliphatic carbocycles. The van der Waals surface area contributed by atoms with Crippen LogP contribution in [-0.2, 0) is 11.3 Å². The van der Waals surface area contributed by atoms with Crippen LogP contribution < -0.4 is 4.74 Å². The van der Waals surface area contributed by atoms with E-state index in [1.165, 1.54) is 12.1 Å². The molecular formula is C25H22FNO3. The third kappa shape index (κ3) is 3.66. The summed E-state index contributed by atoms with van der Waals surface area (Å²) in [4.78, 5) is 14.7. The van der Waals surface area contributed by atoms with Crippen molar-refractivity contribution in [3.8, 4) is 5.75 Å². The molecule has 4 nitrogen and oxygen atoms in total. The van der Waals surface area contributed by atoms with E-state index in [9.17, 15) is 14.3 Å². The number of hydrogen-bond acceptors (Lipinski definition) is 3. The zero-order valence-electron chi connectivity index (χ0n) is 16.8. The summed E-state index contributed by atoms with van der Waals surface area (Å²) in [6.45, 7) is 2.27. The molecule has 0 spiro atoms. The van der Waals surface area contributed by atoms with Crippen LogP contribution in [0.25, 0.3) is 5.57 Å². The Morgan fingerprint density at radius 3 is 2.20 bits per heavy atom. The van der Waals surface area contributed by atoms with Gasteiger partial charge in [0.15, 0.2) is 5.76 Å². The van der Waals surface area contributed by atoms with Gasteiger partial charge in [0.2, 0.25) is 0 Å². The fourth-order valence-corrected chi connectivity index (χ4v) is 3.76. The first-order valence-electron chi connectivity index (χ1n) is 9.67. The lowest BCUT2D eigenvalue weighted by molar-refractivity contribution is -0.130. The van der Waals surface area contributed by atoms with Gasteiger partial charge >= 0.3 is 0 Å². The lowest BCUT2D eigenvalue weighted by Crippen LogP contribution is -2.29. The van der Waals surface area contributed by atoms with Crippen LogP contribution in [0.5, 0.6) is 5.75 Å². The zero-order chi connectivity index (χ0) is 21.3. The quantitative estimate of drug-likeness (QED) is 0.637. The van der Waals surface area contributed by atoms with E-state index >= 15 is 0 Å². The van der Waals surface area contributed by atoms with Crippen molar-refractivity contribution in [1.29, 1.82) is 0 Å². The Labute approximate surface area is 174 Å². The Balaban J connectivity index is 1.77. The van der Waals surface area contributed by atoms with E-state index in [0.29, 0.717) is 12.1 Å². The van der Waals surface area contributed by atoms with Crippen LogP contribution in [0.3, 0.4) is 0 Å². The second-order valence-electron chi connectivity index (χ2n) is 7.36. The lowest BCUT2D eigenvalue weighted by Gasteiger charge is -2.27. The van der Waals surface area contributed by atoms with Gasteiger partial charge in [0, 0.05) is 12.1 Å². The molecule has 0 radical (unpaired) electrons. The molecule has 30 heavy (non-hydrogen) atoms. The number of aryl methyl sites for hydroxylation is 1. The number of rotatable bonds is 5. The van der Waals surface area contributed by atoms with E-state index in [1.807, 2.05) is 55.5 Å². The molecular weight excluding hydrogens is 381 g/mol. The number of aliphatic hydroxyl groups excluding tert-OH is 1. The highest BCUT2D eigenvalue weighted by molar-refractivity contribution is 6.05. The van der Waals surface area contributed by atoms with Crippen LogP contribution in [0.1, 0.15) is 28.3 Å². The molecule has 1 aliphatic heterocycles. The second kappa shape index (κ2) is 8.03. The highest BCUT2D eigenvalue weighted by Gasteiger charge is 2.40. The van der Waals surface area contributed by atoms with E-state index in [4.69, 9.17) is 4.74 Å². The molecule has 0 unspecified atom stereocenters. The number of nitrogens with zero attached hydrogens (tertiary/aromatic N) is 1. The minimum Gasteiger partial charge on any atom is -0.503 e. The first-order chi connectivity index (χ1) is 14.5. The molecule has 0 bridgehead atoms. The molecule has 5 heteroatoms. The fourth-order valence-electron chi connectivity index (χ4n) is 3.76. The van der Waals surface area contributed by atoms with Crippen molar-refractivity contribution >= 4 is 11.5 Å². The van der Waals surface area contributed by atoms with Crippen molar-refractivity contribution in [2.45, 2.75) is 19.5 Å². The number of benzene rings is 3. The van der Waals surface area contributed by atoms with Gasteiger partial charge in [-0.2, -0.15) is 0 Å². The van der Waals surface area contributed by atoms with Crippen molar-refractivity contribution < 1.29 is 19.0 Å². The van der Waals surface area contributed by atoms with Crippen molar-refractivity contribution in [1.82, 2.24) is 4.90 Å². The molecule has 0 aromatic heterocycles. The summed E-state index contributed by atoms with van der Waals surface area (Å²) < 4.78 is 18.8. The molecule has 152 valence electrons. The summed E-state index contributed by atoms with van der Waals surface area (Å²) in [5, 5.41) is 10.8. The molecule has 1 aliphatic rings. The van der Waals surface area contributed by atoms with Gasteiger partial charge in [-0.05, 0) is 47.9 Å². The highest BCUT2D eigenvalue weighted by atomic mass is 19.1. The zero-order valence-corrected chi connectivity index (χ0v) is 16.8. The maximum Gasteiger partial charge on any atom is 0.290 e. The van der Waals surface area contributed by atoms with Gasteiger partial charge in [-0.15, -0.1) is 0 Å². The van der Waals surface area contributed by atoms with Gasteiger partial charge in [0.1, 0.15) is 11.6 Å². The number of hydrogen-bond donors (Lipinski definition) is 1. The number of carbonyl (C=O) groups excluding carboxylic acids is 1. The maximum atomic E-state index is 13.6. The van der Waals surface area contributed by atoms with Gasteiger partial charge < -0.3 is 14.7 Å². The van der Waals surface area contributed by atoms with E-state index < -0.39 is 11.9 Å². The smallest absolute Gasteiger partial charge is 0.290 e. The van der Waals surface area contributed by atoms with Crippen LogP contribution in [0, 0.1) is 12.7 Å². The molecule has 1 N–H and O–H groups in total. The first-order valence-corrected chi connectivity index (χ1v) is 9.67. The summed E-state index contributed by atoms with van der Waals surface area (Å²) in [5.41, 5.74) is 4.00. The maximum absolute atomic E-state index is 13.6. The monoisotopic (exact) mass is 403 g/mol. The fraction of sp³-hybridized carbons (Fsp3) is 0.160. The topological polar surface area (TPSA) is 49.8 Å². The Bertz CT molecular complexity index is 1090. The molecule has 0 fully saturated rings. The third-order valence-corrected chi connectivity index (χ3v) is 5.36. The molecule has 3 aromatic carbocycles. The third-order valence-electron chi connectivity index (χ3n) is 5.36. The summed E-state index contributed by atoms with van der Waals surface area (Å²) in [6.07, 6.45) is 0. The van der Waals surface area contributed by atoms with Gasteiger partial charge in [-0.3, -0.25) is 4.79 Å². The molecule has 1 amide bonds. The highest BCUT2D eigenvalue weighted by Crippen LogP contribution is 2.43. The van der Waals surface area contributed by atoms with Crippen LogP contribution in [0.15, 0.2) is 78.6 Å². The largest absolute Gasteiger partial charge is 0.503 e. The van der Waals surface area contributed by atoms with Crippen molar-refractivity contribution in [3.63, 3.8) is 0 Å². The molecule has 0 saturated heterocycles. The van der Waals surface area contributed by atoms with Gasteiger partial charge in [0.25, 0.3) is 5.91 Å². The Hall–Kier alpha value is -3.60. The summed E-state index contributed by atoms with van der Waals surface area (Å²) >= 11 is 0. The lowest BCUT2D eigenvalue weighted by atomic mass is 9.93.